The van der Waals surface area contributed by atoms with Crippen molar-refractivity contribution in [3.63, 3.8) is 0 Å². The molecule has 0 unspecified atom stereocenters. The number of methoxy groups -OCH3 is 1. The summed E-state index contributed by atoms with van der Waals surface area (Å²) in [5.74, 6) is 0.360. The molecule has 8 heteroatoms. The molecule has 168 valence electrons. The second kappa shape index (κ2) is 10.3. The second-order valence-electron chi connectivity index (χ2n) is 7.56. The van der Waals surface area contributed by atoms with Crippen molar-refractivity contribution in [2.45, 2.75) is 10.9 Å². The van der Waals surface area contributed by atoms with Crippen molar-refractivity contribution in [2.75, 3.05) is 32.5 Å². The van der Waals surface area contributed by atoms with Crippen molar-refractivity contribution >= 4 is 21.6 Å². The SMILES string of the molecule is COc1ccc(NS(=O)(=O)c2ccc(C(=O)N[C@@H](CN(C)C)c3ccccc3)cc2)cc1. The second-order valence-corrected chi connectivity index (χ2v) is 9.24. The molecule has 0 bridgehead atoms. The van der Waals surface area contributed by atoms with E-state index in [1.165, 1.54) is 24.3 Å². The Morgan fingerprint density at radius 3 is 2.12 bits per heavy atom. The highest BCUT2D eigenvalue weighted by Gasteiger charge is 2.18. The van der Waals surface area contributed by atoms with Gasteiger partial charge in [-0.05, 0) is 68.2 Å². The van der Waals surface area contributed by atoms with Crippen molar-refractivity contribution in [2.24, 2.45) is 0 Å². The number of anilines is 1. The molecule has 0 spiro atoms. The molecule has 0 aliphatic heterocycles. The fraction of sp³-hybridized carbons (Fsp3) is 0.208. The van der Waals surface area contributed by atoms with E-state index in [-0.39, 0.29) is 16.8 Å². The highest BCUT2D eigenvalue weighted by molar-refractivity contribution is 7.92. The quantitative estimate of drug-likeness (QED) is 0.518. The first kappa shape index (κ1) is 23.3. The van der Waals surface area contributed by atoms with E-state index in [0.717, 1.165) is 5.56 Å². The average Bonchev–Trinajstić information content (AvgIpc) is 2.79. The first-order chi connectivity index (χ1) is 15.3. The number of hydrogen-bond donors (Lipinski definition) is 2. The Bertz CT molecular complexity index is 1130. The van der Waals surface area contributed by atoms with Crippen molar-refractivity contribution in [3.05, 3.63) is 90.0 Å². The molecule has 0 saturated carbocycles. The number of ether oxygens (including phenoxy) is 1. The summed E-state index contributed by atoms with van der Waals surface area (Å²) in [4.78, 5) is 14.9. The van der Waals surface area contributed by atoms with Gasteiger partial charge < -0.3 is 15.0 Å². The van der Waals surface area contributed by atoms with Gasteiger partial charge in [0.1, 0.15) is 5.75 Å². The largest absolute Gasteiger partial charge is 0.497 e. The number of nitrogens with zero attached hydrogens (tertiary/aromatic N) is 1. The predicted octanol–water partition coefficient (Wildman–Crippen LogP) is 3.53. The van der Waals surface area contributed by atoms with E-state index in [1.54, 1.807) is 31.4 Å². The van der Waals surface area contributed by atoms with Crippen LogP contribution in [0.25, 0.3) is 0 Å². The Balaban J connectivity index is 1.72. The van der Waals surface area contributed by atoms with E-state index in [0.29, 0.717) is 23.5 Å². The molecule has 0 radical (unpaired) electrons. The zero-order chi connectivity index (χ0) is 23.1. The van der Waals surface area contributed by atoms with Gasteiger partial charge in [-0.2, -0.15) is 0 Å². The standard InChI is InChI=1S/C24H27N3O4S/c1-27(2)17-23(18-7-5-4-6-8-18)25-24(28)19-9-15-22(16-10-19)32(29,30)26-20-11-13-21(31-3)14-12-20/h4-16,23,26H,17H2,1-3H3,(H,25,28)/t23-/m0/s1. The van der Waals surface area contributed by atoms with Crippen molar-refractivity contribution in [1.29, 1.82) is 0 Å². The van der Waals surface area contributed by atoms with E-state index in [9.17, 15) is 13.2 Å². The number of rotatable bonds is 9. The van der Waals surface area contributed by atoms with Crippen LogP contribution in [-0.4, -0.2) is 47.0 Å². The summed E-state index contributed by atoms with van der Waals surface area (Å²) in [7, 11) is 1.64. The number of benzene rings is 3. The van der Waals surface area contributed by atoms with Gasteiger partial charge in [0.05, 0.1) is 18.0 Å². The first-order valence-electron chi connectivity index (χ1n) is 10.1. The highest BCUT2D eigenvalue weighted by Crippen LogP contribution is 2.20. The third-order valence-electron chi connectivity index (χ3n) is 4.82. The van der Waals surface area contributed by atoms with Gasteiger partial charge in [-0.3, -0.25) is 9.52 Å². The number of hydrogen-bond acceptors (Lipinski definition) is 5. The van der Waals surface area contributed by atoms with Crippen LogP contribution in [0, 0.1) is 0 Å². The van der Waals surface area contributed by atoms with Gasteiger partial charge in [0, 0.05) is 17.8 Å². The fourth-order valence-electron chi connectivity index (χ4n) is 3.19. The lowest BCUT2D eigenvalue weighted by Crippen LogP contribution is -2.35. The zero-order valence-corrected chi connectivity index (χ0v) is 19.1. The van der Waals surface area contributed by atoms with Crippen LogP contribution in [0.3, 0.4) is 0 Å². The minimum absolute atomic E-state index is 0.0674. The summed E-state index contributed by atoms with van der Waals surface area (Å²) in [6.07, 6.45) is 0. The number of carbonyl (C=O) groups is 1. The van der Waals surface area contributed by atoms with E-state index in [4.69, 9.17) is 4.74 Å². The number of sulfonamides is 1. The summed E-state index contributed by atoms with van der Waals surface area (Å²) in [6, 6.07) is 22.0. The van der Waals surface area contributed by atoms with Gasteiger partial charge in [0.15, 0.2) is 0 Å². The van der Waals surface area contributed by atoms with Gasteiger partial charge in [-0.25, -0.2) is 8.42 Å². The molecule has 0 fully saturated rings. The molecule has 1 atom stereocenters. The molecule has 7 nitrogen and oxygen atoms in total. The molecular weight excluding hydrogens is 426 g/mol. The van der Waals surface area contributed by atoms with Crippen LogP contribution < -0.4 is 14.8 Å². The normalized spacial score (nSPS) is 12.2. The molecule has 0 aromatic heterocycles. The minimum Gasteiger partial charge on any atom is -0.497 e. The monoisotopic (exact) mass is 453 g/mol. The molecular formula is C24H27N3O4S. The molecule has 1 amide bonds. The van der Waals surface area contributed by atoms with E-state index >= 15 is 0 Å². The Kier molecular flexibility index (Phi) is 7.50. The fourth-order valence-corrected chi connectivity index (χ4v) is 4.24. The van der Waals surface area contributed by atoms with Crippen LogP contribution in [-0.2, 0) is 10.0 Å². The maximum atomic E-state index is 12.8. The minimum atomic E-state index is -3.79. The van der Waals surface area contributed by atoms with Crippen LogP contribution in [0.15, 0.2) is 83.8 Å². The van der Waals surface area contributed by atoms with Crippen LogP contribution in [0.2, 0.25) is 0 Å². The van der Waals surface area contributed by atoms with E-state index < -0.39 is 10.0 Å². The molecule has 0 heterocycles. The van der Waals surface area contributed by atoms with Crippen LogP contribution in [0.1, 0.15) is 22.0 Å². The lowest BCUT2D eigenvalue weighted by atomic mass is 10.1. The van der Waals surface area contributed by atoms with Crippen molar-refractivity contribution < 1.29 is 17.9 Å². The first-order valence-corrected chi connectivity index (χ1v) is 11.5. The maximum Gasteiger partial charge on any atom is 0.261 e. The highest BCUT2D eigenvalue weighted by atomic mass is 32.2. The number of nitrogens with one attached hydrogen (secondary N) is 2. The number of likely N-dealkylation sites (N-methyl/N-ethyl adjacent to an activating group) is 1. The van der Waals surface area contributed by atoms with E-state index in [2.05, 4.69) is 10.0 Å². The van der Waals surface area contributed by atoms with Crippen LogP contribution in [0.4, 0.5) is 5.69 Å². The molecule has 0 aliphatic rings. The lowest BCUT2D eigenvalue weighted by molar-refractivity contribution is 0.0930. The molecule has 2 N–H and O–H groups in total. The average molecular weight is 454 g/mol. The van der Waals surface area contributed by atoms with Gasteiger partial charge in [0.2, 0.25) is 0 Å². The Labute approximate surface area is 189 Å². The number of carbonyl (C=O) groups excluding carboxylic acids is 1. The smallest absolute Gasteiger partial charge is 0.261 e. The molecule has 3 aromatic carbocycles. The Morgan fingerprint density at radius 1 is 0.938 bits per heavy atom. The van der Waals surface area contributed by atoms with Gasteiger partial charge in [-0.1, -0.05) is 30.3 Å². The summed E-state index contributed by atoms with van der Waals surface area (Å²) < 4.78 is 32.9. The molecule has 3 rings (SSSR count). The van der Waals surface area contributed by atoms with Crippen molar-refractivity contribution in [3.8, 4) is 5.75 Å². The molecule has 0 saturated heterocycles. The lowest BCUT2D eigenvalue weighted by Gasteiger charge is -2.23. The Morgan fingerprint density at radius 2 is 1.56 bits per heavy atom. The van der Waals surface area contributed by atoms with Crippen LogP contribution in [0.5, 0.6) is 5.75 Å². The summed E-state index contributed by atoms with van der Waals surface area (Å²) >= 11 is 0. The third-order valence-corrected chi connectivity index (χ3v) is 6.22. The van der Waals surface area contributed by atoms with Crippen molar-refractivity contribution in [1.82, 2.24) is 10.2 Å². The van der Waals surface area contributed by atoms with Crippen LogP contribution >= 0.6 is 0 Å². The molecule has 3 aromatic rings. The summed E-state index contributed by atoms with van der Waals surface area (Å²) in [5, 5.41) is 3.03. The van der Waals surface area contributed by atoms with Gasteiger partial charge in [-0.15, -0.1) is 0 Å². The molecule has 32 heavy (non-hydrogen) atoms. The van der Waals surface area contributed by atoms with Gasteiger partial charge in [0.25, 0.3) is 15.9 Å². The van der Waals surface area contributed by atoms with Gasteiger partial charge >= 0.3 is 0 Å². The summed E-state index contributed by atoms with van der Waals surface area (Å²) in [6.45, 7) is 0.633. The molecule has 0 aliphatic carbocycles. The summed E-state index contributed by atoms with van der Waals surface area (Å²) in [5.41, 5.74) is 1.80. The topological polar surface area (TPSA) is 87.7 Å². The number of amides is 1. The Hall–Kier alpha value is -3.36. The van der Waals surface area contributed by atoms with E-state index in [1.807, 2.05) is 49.3 Å². The predicted molar refractivity (Wildman–Crippen MR) is 125 cm³/mol. The third kappa shape index (κ3) is 6.09. The zero-order valence-electron chi connectivity index (χ0n) is 18.3. The maximum absolute atomic E-state index is 12.8.